The lowest BCUT2D eigenvalue weighted by Gasteiger charge is -2.27. The molecule has 0 spiro atoms. The summed E-state index contributed by atoms with van der Waals surface area (Å²) >= 11 is 0. The molecule has 1 unspecified atom stereocenters. The Morgan fingerprint density at radius 1 is 1.50 bits per heavy atom. The number of carbonyl (C=O) groups excluding carboxylic acids is 1. The average Bonchev–Trinajstić information content (AvgIpc) is 3.12. The first-order chi connectivity index (χ1) is 8.49. The van der Waals surface area contributed by atoms with E-state index in [1.807, 2.05) is 0 Å². The van der Waals surface area contributed by atoms with Crippen LogP contribution in [0, 0.1) is 5.82 Å². The second kappa shape index (κ2) is 4.94. The van der Waals surface area contributed by atoms with E-state index >= 15 is 0 Å². The fourth-order valence-electron chi connectivity index (χ4n) is 1.62. The minimum atomic E-state index is -0.893. The Morgan fingerprint density at radius 3 is 2.61 bits per heavy atom. The average molecular weight is 252 g/mol. The molecule has 1 saturated carbocycles. The van der Waals surface area contributed by atoms with Gasteiger partial charge in [-0.25, -0.2) is 4.39 Å². The lowest BCUT2D eigenvalue weighted by Crippen LogP contribution is -2.57. The molecule has 0 heterocycles. The maximum Gasteiger partial charge on any atom is 0.240 e. The highest BCUT2D eigenvalue weighted by Gasteiger charge is 2.37. The minimum absolute atomic E-state index is 0.129. The number of nitrogens with two attached hydrogens (primary N) is 1. The number of ether oxygens (including phenoxy) is 1. The number of nitrogens with one attached hydrogen (secondary N) is 1. The molecular formula is C13H17FN2O2. The first kappa shape index (κ1) is 12.8. The van der Waals surface area contributed by atoms with Crippen LogP contribution in [0.5, 0.6) is 5.75 Å². The molecule has 0 saturated heterocycles. The van der Waals surface area contributed by atoms with Gasteiger partial charge >= 0.3 is 0 Å². The first-order valence-electron chi connectivity index (χ1n) is 5.95. The van der Waals surface area contributed by atoms with Gasteiger partial charge in [-0.05, 0) is 44.0 Å². The number of rotatable bonds is 6. The molecule has 18 heavy (non-hydrogen) atoms. The number of carbonyl (C=O) groups is 1. The second-order valence-electron chi connectivity index (χ2n) is 4.86. The van der Waals surface area contributed by atoms with Crippen LogP contribution >= 0.6 is 0 Å². The minimum Gasteiger partial charge on any atom is -0.491 e. The summed E-state index contributed by atoms with van der Waals surface area (Å²) < 4.78 is 18.2. The van der Waals surface area contributed by atoms with Crippen LogP contribution in [0.15, 0.2) is 24.3 Å². The summed E-state index contributed by atoms with van der Waals surface area (Å²) in [6.45, 7) is 1.85. The highest BCUT2D eigenvalue weighted by atomic mass is 19.1. The molecule has 0 bridgehead atoms. The van der Waals surface area contributed by atoms with Crippen LogP contribution in [0.4, 0.5) is 4.39 Å². The monoisotopic (exact) mass is 252 g/mol. The fraction of sp³-hybridized carbons (Fsp3) is 0.462. The van der Waals surface area contributed by atoms with E-state index in [2.05, 4.69) is 5.32 Å². The predicted molar refractivity (Wildman–Crippen MR) is 65.7 cm³/mol. The van der Waals surface area contributed by atoms with Gasteiger partial charge in [0.05, 0.1) is 0 Å². The molecule has 98 valence electrons. The Bertz CT molecular complexity index is 431. The summed E-state index contributed by atoms with van der Waals surface area (Å²) in [7, 11) is 0. The third kappa shape index (κ3) is 3.20. The highest BCUT2D eigenvalue weighted by Crippen LogP contribution is 2.23. The zero-order valence-corrected chi connectivity index (χ0v) is 10.3. The number of amides is 1. The summed E-state index contributed by atoms with van der Waals surface area (Å²) in [6.07, 6.45) is 2.11. The SMILES string of the molecule is CC(COc1ccc(F)cc1)(NC1CC1)C(N)=O. The highest BCUT2D eigenvalue weighted by molar-refractivity contribution is 5.84. The van der Waals surface area contributed by atoms with Crippen LogP contribution in [-0.4, -0.2) is 24.1 Å². The Balaban J connectivity index is 1.96. The molecule has 5 heteroatoms. The number of primary amides is 1. The van der Waals surface area contributed by atoms with Crippen LogP contribution in [0.3, 0.4) is 0 Å². The summed E-state index contributed by atoms with van der Waals surface area (Å²) in [5, 5.41) is 3.17. The van der Waals surface area contributed by atoms with Gasteiger partial charge in [0.1, 0.15) is 23.7 Å². The van der Waals surface area contributed by atoms with E-state index in [9.17, 15) is 9.18 Å². The normalized spacial score (nSPS) is 18.1. The molecule has 0 aromatic heterocycles. The number of hydrogen-bond donors (Lipinski definition) is 2. The van der Waals surface area contributed by atoms with Crippen molar-refractivity contribution in [1.82, 2.24) is 5.32 Å². The molecule has 1 aromatic carbocycles. The molecule has 3 N–H and O–H groups in total. The third-order valence-electron chi connectivity index (χ3n) is 2.99. The van der Waals surface area contributed by atoms with Crippen molar-refractivity contribution in [2.75, 3.05) is 6.61 Å². The van der Waals surface area contributed by atoms with Crippen molar-refractivity contribution >= 4 is 5.91 Å². The quantitative estimate of drug-likeness (QED) is 0.799. The van der Waals surface area contributed by atoms with Gasteiger partial charge in [-0.3, -0.25) is 10.1 Å². The van der Waals surface area contributed by atoms with Gasteiger partial charge < -0.3 is 10.5 Å². The molecule has 1 aromatic rings. The molecule has 0 radical (unpaired) electrons. The first-order valence-corrected chi connectivity index (χ1v) is 5.95. The van der Waals surface area contributed by atoms with Crippen LogP contribution in [0.25, 0.3) is 0 Å². The van der Waals surface area contributed by atoms with Crippen LogP contribution in [0.2, 0.25) is 0 Å². The number of halogens is 1. The largest absolute Gasteiger partial charge is 0.491 e. The smallest absolute Gasteiger partial charge is 0.240 e. The molecule has 1 fully saturated rings. The molecule has 2 rings (SSSR count). The van der Waals surface area contributed by atoms with E-state index in [4.69, 9.17) is 10.5 Å². The van der Waals surface area contributed by atoms with Crippen molar-refractivity contribution in [3.05, 3.63) is 30.1 Å². The molecule has 1 amide bonds. The fourth-order valence-corrected chi connectivity index (χ4v) is 1.62. The van der Waals surface area contributed by atoms with Gasteiger partial charge in [-0.15, -0.1) is 0 Å². The molecule has 1 aliphatic carbocycles. The van der Waals surface area contributed by atoms with Crippen molar-refractivity contribution in [3.8, 4) is 5.75 Å². The molecule has 0 aliphatic heterocycles. The lowest BCUT2D eigenvalue weighted by molar-refractivity contribution is -0.125. The predicted octanol–water partition coefficient (Wildman–Crippen LogP) is 1.20. The van der Waals surface area contributed by atoms with Crippen LogP contribution < -0.4 is 15.8 Å². The van der Waals surface area contributed by atoms with Crippen molar-refractivity contribution in [3.63, 3.8) is 0 Å². The summed E-state index contributed by atoms with van der Waals surface area (Å²) in [5.74, 6) is -0.255. The number of hydrogen-bond acceptors (Lipinski definition) is 3. The Hall–Kier alpha value is -1.62. The van der Waals surface area contributed by atoms with Gasteiger partial charge in [0.2, 0.25) is 5.91 Å². The van der Waals surface area contributed by atoms with Crippen molar-refractivity contribution in [2.24, 2.45) is 5.73 Å². The van der Waals surface area contributed by atoms with Gasteiger partial charge in [-0.2, -0.15) is 0 Å². The van der Waals surface area contributed by atoms with Gasteiger partial charge in [0.15, 0.2) is 0 Å². The summed E-state index contributed by atoms with van der Waals surface area (Å²) in [6, 6.07) is 6.01. The van der Waals surface area contributed by atoms with Crippen LogP contribution in [-0.2, 0) is 4.79 Å². The maximum atomic E-state index is 12.7. The molecule has 4 nitrogen and oxygen atoms in total. The van der Waals surface area contributed by atoms with Crippen LogP contribution in [0.1, 0.15) is 19.8 Å². The summed E-state index contributed by atoms with van der Waals surface area (Å²) in [5.41, 5.74) is 4.50. The Labute approximate surface area is 105 Å². The Morgan fingerprint density at radius 2 is 2.11 bits per heavy atom. The van der Waals surface area contributed by atoms with Crippen molar-refractivity contribution < 1.29 is 13.9 Å². The molecular weight excluding hydrogens is 235 g/mol. The van der Waals surface area contributed by atoms with Gasteiger partial charge in [0.25, 0.3) is 0 Å². The topological polar surface area (TPSA) is 64.3 Å². The van der Waals surface area contributed by atoms with E-state index in [0.717, 1.165) is 12.8 Å². The van der Waals surface area contributed by atoms with E-state index in [1.54, 1.807) is 6.92 Å². The van der Waals surface area contributed by atoms with Crippen molar-refractivity contribution in [1.29, 1.82) is 0 Å². The zero-order valence-electron chi connectivity index (χ0n) is 10.3. The molecule has 1 atom stereocenters. The Kier molecular flexibility index (Phi) is 3.52. The second-order valence-corrected chi connectivity index (χ2v) is 4.86. The summed E-state index contributed by atoms with van der Waals surface area (Å²) in [4.78, 5) is 11.5. The van der Waals surface area contributed by atoms with E-state index in [-0.39, 0.29) is 12.4 Å². The van der Waals surface area contributed by atoms with E-state index in [1.165, 1.54) is 24.3 Å². The van der Waals surface area contributed by atoms with Gasteiger partial charge in [-0.1, -0.05) is 0 Å². The van der Waals surface area contributed by atoms with Gasteiger partial charge in [0, 0.05) is 6.04 Å². The van der Waals surface area contributed by atoms with E-state index < -0.39 is 11.4 Å². The van der Waals surface area contributed by atoms with E-state index in [0.29, 0.717) is 11.8 Å². The zero-order chi connectivity index (χ0) is 13.2. The standard InChI is InChI=1S/C13H17FN2O2/c1-13(12(15)17,16-10-4-5-10)8-18-11-6-2-9(14)3-7-11/h2-3,6-7,10,16H,4-5,8H2,1H3,(H2,15,17). The maximum absolute atomic E-state index is 12.7. The third-order valence-corrected chi connectivity index (χ3v) is 2.99. The lowest BCUT2D eigenvalue weighted by atomic mass is 10.0. The number of benzene rings is 1. The van der Waals surface area contributed by atoms with Crippen molar-refractivity contribution in [2.45, 2.75) is 31.3 Å². The molecule has 1 aliphatic rings.